The van der Waals surface area contributed by atoms with Gasteiger partial charge in [0.15, 0.2) is 0 Å². The Balaban J connectivity index is 1.69. The highest BCUT2D eigenvalue weighted by Crippen LogP contribution is 2.47. The minimum absolute atomic E-state index is 1.04. The van der Waals surface area contributed by atoms with Gasteiger partial charge in [0, 0.05) is 0 Å². The van der Waals surface area contributed by atoms with Crippen molar-refractivity contribution in [2.45, 2.75) is 39.0 Å². The molecule has 3 atom stereocenters. The van der Waals surface area contributed by atoms with Gasteiger partial charge in [0.25, 0.3) is 0 Å². The van der Waals surface area contributed by atoms with Gasteiger partial charge < -0.3 is 5.32 Å². The molecule has 0 aromatic heterocycles. The van der Waals surface area contributed by atoms with Crippen LogP contribution in [0.1, 0.15) is 39.0 Å². The molecule has 2 fully saturated rings. The summed E-state index contributed by atoms with van der Waals surface area (Å²) in [6.07, 6.45) is 7.43. The van der Waals surface area contributed by atoms with E-state index in [4.69, 9.17) is 0 Å². The lowest BCUT2D eigenvalue weighted by atomic mass is 9.89. The summed E-state index contributed by atoms with van der Waals surface area (Å²) in [5.41, 5.74) is 0. The number of hydrogen-bond donors (Lipinski definition) is 1. The van der Waals surface area contributed by atoms with Crippen molar-refractivity contribution >= 4 is 0 Å². The van der Waals surface area contributed by atoms with Crippen molar-refractivity contribution in [2.24, 2.45) is 17.8 Å². The molecule has 0 aromatic rings. The molecule has 2 saturated carbocycles. The van der Waals surface area contributed by atoms with Gasteiger partial charge in [0.05, 0.1) is 0 Å². The fourth-order valence-corrected chi connectivity index (χ4v) is 3.09. The molecule has 0 aliphatic heterocycles. The Labute approximate surface area is 75.9 Å². The van der Waals surface area contributed by atoms with E-state index in [0.717, 1.165) is 17.8 Å². The van der Waals surface area contributed by atoms with Crippen molar-refractivity contribution in [3.05, 3.63) is 0 Å². The number of nitrogens with one attached hydrogen (secondary N) is 1. The lowest BCUT2D eigenvalue weighted by Gasteiger charge is -2.21. The van der Waals surface area contributed by atoms with Crippen LogP contribution in [-0.2, 0) is 0 Å². The van der Waals surface area contributed by atoms with Gasteiger partial charge in [-0.3, -0.25) is 0 Å². The van der Waals surface area contributed by atoms with Gasteiger partial charge in [0.2, 0.25) is 0 Å². The van der Waals surface area contributed by atoms with E-state index in [-0.39, 0.29) is 0 Å². The molecule has 2 bridgehead atoms. The zero-order valence-corrected chi connectivity index (χ0v) is 8.18. The van der Waals surface area contributed by atoms with Crippen molar-refractivity contribution in [2.75, 3.05) is 13.1 Å². The molecular weight excluding hydrogens is 146 g/mol. The van der Waals surface area contributed by atoms with Crippen LogP contribution in [-0.4, -0.2) is 13.1 Å². The number of fused-ring (bicyclic) bond motifs is 2. The first-order valence-electron chi connectivity index (χ1n) is 5.61. The molecule has 0 amide bonds. The molecule has 0 aromatic carbocycles. The van der Waals surface area contributed by atoms with Crippen LogP contribution >= 0.6 is 0 Å². The van der Waals surface area contributed by atoms with E-state index in [0.29, 0.717) is 0 Å². The first kappa shape index (κ1) is 8.55. The van der Waals surface area contributed by atoms with E-state index in [1.165, 1.54) is 38.8 Å². The number of hydrogen-bond acceptors (Lipinski definition) is 1. The van der Waals surface area contributed by atoms with E-state index in [9.17, 15) is 0 Å². The molecule has 1 N–H and O–H groups in total. The molecule has 3 unspecified atom stereocenters. The molecule has 0 heterocycles. The molecule has 0 radical (unpaired) electrons. The van der Waals surface area contributed by atoms with Crippen molar-refractivity contribution in [3.8, 4) is 0 Å². The van der Waals surface area contributed by atoms with Gasteiger partial charge in [-0.2, -0.15) is 0 Å². The van der Waals surface area contributed by atoms with E-state index in [1.807, 2.05) is 0 Å². The lowest BCUT2D eigenvalue weighted by molar-refractivity contribution is 0.319. The van der Waals surface area contributed by atoms with Crippen LogP contribution in [0.25, 0.3) is 0 Å². The topological polar surface area (TPSA) is 12.0 Å². The molecule has 2 aliphatic carbocycles. The zero-order valence-electron chi connectivity index (χ0n) is 8.18. The third-order valence-corrected chi connectivity index (χ3v) is 3.72. The first-order valence-corrected chi connectivity index (χ1v) is 5.61. The maximum Gasteiger partial charge on any atom is -0.00178 e. The van der Waals surface area contributed by atoms with Crippen LogP contribution in [0.3, 0.4) is 0 Å². The monoisotopic (exact) mass is 167 g/mol. The minimum Gasteiger partial charge on any atom is -0.316 e. The van der Waals surface area contributed by atoms with Gasteiger partial charge >= 0.3 is 0 Å². The fraction of sp³-hybridized carbons (Fsp3) is 1.00. The quantitative estimate of drug-likeness (QED) is 0.634. The van der Waals surface area contributed by atoms with E-state index >= 15 is 0 Å². The molecule has 70 valence electrons. The Morgan fingerprint density at radius 2 is 2.17 bits per heavy atom. The highest BCUT2D eigenvalue weighted by Gasteiger charge is 2.38. The SMILES string of the molecule is CCCNCC1CC2CCC1C2. The average molecular weight is 167 g/mol. The van der Waals surface area contributed by atoms with Crippen LogP contribution in [0.2, 0.25) is 0 Å². The smallest absolute Gasteiger partial charge is 0.00178 e. The number of rotatable bonds is 4. The molecule has 0 spiro atoms. The maximum atomic E-state index is 3.56. The summed E-state index contributed by atoms with van der Waals surface area (Å²) in [7, 11) is 0. The van der Waals surface area contributed by atoms with Crippen molar-refractivity contribution in [1.29, 1.82) is 0 Å². The third kappa shape index (κ3) is 1.66. The van der Waals surface area contributed by atoms with E-state index in [2.05, 4.69) is 12.2 Å². The largest absolute Gasteiger partial charge is 0.316 e. The highest BCUT2D eigenvalue weighted by atomic mass is 14.9. The summed E-state index contributed by atoms with van der Waals surface area (Å²) in [5, 5.41) is 3.56. The summed E-state index contributed by atoms with van der Waals surface area (Å²) in [5.74, 6) is 3.25. The Morgan fingerprint density at radius 1 is 1.25 bits per heavy atom. The third-order valence-electron chi connectivity index (χ3n) is 3.72. The van der Waals surface area contributed by atoms with Gasteiger partial charge in [-0.25, -0.2) is 0 Å². The van der Waals surface area contributed by atoms with Gasteiger partial charge in [-0.05, 0) is 56.5 Å². The first-order chi connectivity index (χ1) is 5.90. The van der Waals surface area contributed by atoms with Gasteiger partial charge in [-0.1, -0.05) is 13.3 Å². The van der Waals surface area contributed by atoms with Gasteiger partial charge in [-0.15, -0.1) is 0 Å². The summed E-state index contributed by atoms with van der Waals surface area (Å²) < 4.78 is 0. The van der Waals surface area contributed by atoms with Crippen molar-refractivity contribution < 1.29 is 0 Å². The van der Waals surface area contributed by atoms with Gasteiger partial charge in [0.1, 0.15) is 0 Å². The zero-order chi connectivity index (χ0) is 8.39. The predicted octanol–water partition coefficient (Wildman–Crippen LogP) is 2.42. The Morgan fingerprint density at radius 3 is 2.75 bits per heavy atom. The average Bonchev–Trinajstić information content (AvgIpc) is 2.65. The molecule has 1 heteroatoms. The molecule has 2 rings (SSSR count). The normalized spacial score (nSPS) is 39.2. The summed E-state index contributed by atoms with van der Waals surface area (Å²) in [6.45, 7) is 4.76. The molecular formula is C11H21N. The molecule has 0 saturated heterocycles. The van der Waals surface area contributed by atoms with E-state index in [1.54, 1.807) is 6.42 Å². The fourth-order valence-electron chi connectivity index (χ4n) is 3.09. The second kappa shape index (κ2) is 3.78. The van der Waals surface area contributed by atoms with Crippen LogP contribution in [0.4, 0.5) is 0 Å². The predicted molar refractivity (Wildman–Crippen MR) is 52.1 cm³/mol. The Hall–Kier alpha value is -0.0400. The van der Waals surface area contributed by atoms with Crippen LogP contribution in [0.5, 0.6) is 0 Å². The van der Waals surface area contributed by atoms with Crippen LogP contribution < -0.4 is 5.32 Å². The van der Waals surface area contributed by atoms with E-state index < -0.39 is 0 Å². The van der Waals surface area contributed by atoms with Crippen LogP contribution in [0.15, 0.2) is 0 Å². The maximum absolute atomic E-state index is 3.56. The Bertz CT molecular complexity index is 144. The van der Waals surface area contributed by atoms with Crippen molar-refractivity contribution in [1.82, 2.24) is 5.32 Å². The molecule has 12 heavy (non-hydrogen) atoms. The second-order valence-electron chi connectivity index (χ2n) is 4.64. The summed E-state index contributed by atoms with van der Waals surface area (Å²) in [4.78, 5) is 0. The highest BCUT2D eigenvalue weighted by molar-refractivity contribution is 4.90. The molecule has 1 nitrogen and oxygen atoms in total. The second-order valence-corrected chi connectivity index (χ2v) is 4.64. The van der Waals surface area contributed by atoms with Crippen LogP contribution in [0, 0.1) is 17.8 Å². The Kier molecular flexibility index (Phi) is 2.69. The summed E-state index contributed by atoms with van der Waals surface area (Å²) in [6, 6.07) is 0. The molecule has 2 aliphatic rings. The lowest BCUT2D eigenvalue weighted by Crippen LogP contribution is -2.26. The standard InChI is InChI=1S/C11H21N/c1-2-5-12-8-11-7-9-3-4-10(11)6-9/h9-12H,2-8H2,1H3. The summed E-state index contributed by atoms with van der Waals surface area (Å²) >= 11 is 0. The minimum atomic E-state index is 1.04. The van der Waals surface area contributed by atoms with Crippen molar-refractivity contribution in [3.63, 3.8) is 0 Å².